The number of imidazole rings is 1. The molecule has 0 saturated carbocycles. The quantitative estimate of drug-likeness (QED) is 0.313. The molecule has 0 aliphatic heterocycles. The molecule has 7 heteroatoms. The average Bonchev–Trinajstić information content (AvgIpc) is 3.31. The zero-order chi connectivity index (χ0) is 18.0. The Labute approximate surface area is 153 Å². The highest BCUT2D eigenvalue weighted by Gasteiger charge is 2.02. The summed E-state index contributed by atoms with van der Waals surface area (Å²) in [6.07, 6.45) is 6.66. The molecule has 2 heterocycles. The van der Waals surface area contributed by atoms with Gasteiger partial charge in [-0.2, -0.15) is 5.10 Å². The van der Waals surface area contributed by atoms with E-state index in [0.29, 0.717) is 0 Å². The van der Waals surface area contributed by atoms with Gasteiger partial charge in [-0.25, -0.2) is 4.98 Å². The number of hydrogen-bond acceptors (Lipinski definition) is 3. The highest BCUT2D eigenvalue weighted by atomic mass is 15.3. The molecule has 0 radical (unpaired) electrons. The van der Waals surface area contributed by atoms with Crippen molar-refractivity contribution in [3.05, 3.63) is 48.5 Å². The molecule has 0 saturated heterocycles. The Morgan fingerprint density at radius 3 is 2.92 bits per heavy atom. The fourth-order valence-electron chi connectivity index (χ4n) is 2.78. The van der Waals surface area contributed by atoms with Gasteiger partial charge in [0.1, 0.15) is 5.82 Å². The van der Waals surface area contributed by atoms with Crippen molar-refractivity contribution in [1.29, 1.82) is 0 Å². The first kappa shape index (κ1) is 18.0. The van der Waals surface area contributed by atoms with Crippen LogP contribution in [0.2, 0.25) is 0 Å². The molecule has 0 aliphatic carbocycles. The largest absolute Gasteiger partial charge is 0.357 e. The first-order chi connectivity index (χ1) is 12.8. The second-order valence-corrected chi connectivity index (χ2v) is 6.11. The van der Waals surface area contributed by atoms with Gasteiger partial charge >= 0.3 is 0 Å². The lowest BCUT2D eigenvalue weighted by Gasteiger charge is -2.11. The number of aromatic amines is 1. The lowest BCUT2D eigenvalue weighted by Crippen LogP contribution is -2.38. The molecule has 0 atom stereocenters. The number of nitrogens with one attached hydrogen (secondary N) is 3. The zero-order valence-corrected chi connectivity index (χ0v) is 15.3. The van der Waals surface area contributed by atoms with Crippen molar-refractivity contribution in [2.45, 2.75) is 32.7 Å². The fraction of sp³-hybridized carbons (Fsp3) is 0.421. The van der Waals surface area contributed by atoms with E-state index in [1.807, 2.05) is 35.1 Å². The van der Waals surface area contributed by atoms with Crippen LogP contribution in [-0.4, -0.2) is 45.3 Å². The summed E-state index contributed by atoms with van der Waals surface area (Å²) in [5, 5.41) is 10.9. The van der Waals surface area contributed by atoms with E-state index < -0.39 is 0 Å². The van der Waals surface area contributed by atoms with Crippen molar-refractivity contribution in [1.82, 2.24) is 30.4 Å². The van der Waals surface area contributed by atoms with Crippen LogP contribution in [0.5, 0.6) is 0 Å². The molecule has 0 spiro atoms. The van der Waals surface area contributed by atoms with Gasteiger partial charge in [0.05, 0.1) is 11.0 Å². The minimum atomic E-state index is 0.777. The van der Waals surface area contributed by atoms with E-state index in [0.717, 1.165) is 68.3 Å². The molecular formula is C19H27N7. The van der Waals surface area contributed by atoms with E-state index in [2.05, 4.69) is 43.7 Å². The van der Waals surface area contributed by atoms with Crippen LogP contribution in [0.3, 0.4) is 0 Å². The summed E-state index contributed by atoms with van der Waals surface area (Å²) in [7, 11) is 0. The van der Waals surface area contributed by atoms with E-state index in [9.17, 15) is 0 Å². The average molecular weight is 353 g/mol. The molecule has 2 aromatic heterocycles. The second kappa shape index (κ2) is 9.60. The van der Waals surface area contributed by atoms with E-state index >= 15 is 0 Å². The summed E-state index contributed by atoms with van der Waals surface area (Å²) < 4.78 is 1.93. The molecule has 7 nitrogen and oxygen atoms in total. The van der Waals surface area contributed by atoms with Crippen LogP contribution >= 0.6 is 0 Å². The molecule has 26 heavy (non-hydrogen) atoms. The zero-order valence-electron chi connectivity index (χ0n) is 15.3. The van der Waals surface area contributed by atoms with Crippen molar-refractivity contribution in [3.63, 3.8) is 0 Å². The van der Waals surface area contributed by atoms with Gasteiger partial charge in [0.2, 0.25) is 0 Å². The molecular weight excluding hydrogens is 326 g/mol. The Bertz CT molecular complexity index is 771. The van der Waals surface area contributed by atoms with Crippen LogP contribution in [0.25, 0.3) is 11.0 Å². The first-order valence-corrected chi connectivity index (χ1v) is 9.28. The molecule has 3 N–H and O–H groups in total. The number of aryl methyl sites for hydroxylation is 2. The monoisotopic (exact) mass is 353 g/mol. The van der Waals surface area contributed by atoms with Crippen LogP contribution in [0.4, 0.5) is 0 Å². The maximum atomic E-state index is 4.62. The molecule has 0 aliphatic rings. The summed E-state index contributed by atoms with van der Waals surface area (Å²) >= 11 is 0. The predicted molar refractivity (Wildman–Crippen MR) is 105 cm³/mol. The standard InChI is InChI=1S/C19H27N7/c1-2-20-19(22-12-6-14-26-15-7-13-23-26)21-11-5-10-18-24-16-8-3-4-9-17(16)25-18/h3-4,7-9,13,15H,2,5-6,10-12,14H2,1H3,(H,24,25)(H2,20,21,22). The van der Waals surface area contributed by atoms with Crippen molar-refractivity contribution in [2.75, 3.05) is 19.6 Å². The molecule has 0 fully saturated rings. The van der Waals surface area contributed by atoms with Crippen molar-refractivity contribution >= 4 is 17.0 Å². The number of hydrogen-bond donors (Lipinski definition) is 3. The molecule has 3 rings (SSSR count). The summed E-state index contributed by atoms with van der Waals surface area (Å²) in [6, 6.07) is 10.1. The number of fused-ring (bicyclic) bond motifs is 1. The fourth-order valence-corrected chi connectivity index (χ4v) is 2.78. The summed E-state index contributed by atoms with van der Waals surface area (Å²) in [4.78, 5) is 12.6. The van der Waals surface area contributed by atoms with Gasteiger partial charge in [-0.05, 0) is 38.0 Å². The number of aromatic nitrogens is 4. The molecule has 0 amide bonds. The lowest BCUT2D eigenvalue weighted by atomic mass is 10.3. The van der Waals surface area contributed by atoms with Gasteiger partial charge in [-0.3, -0.25) is 9.67 Å². The Morgan fingerprint density at radius 1 is 1.19 bits per heavy atom. The van der Waals surface area contributed by atoms with Crippen molar-refractivity contribution < 1.29 is 0 Å². The van der Waals surface area contributed by atoms with E-state index in [-0.39, 0.29) is 0 Å². The van der Waals surface area contributed by atoms with Gasteiger partial charge in [0.15, 0.2) is 5.96 Å². The van der Waals surface area contributed by atoms with Crippen LogP contribution in [0, 0.1) is 0 Å². The number of H-pyrrole nitrogens is 1. The number of rotatable bonds is 9. The molecule has 138 valence electrons. The Kier molecular flexibility index (Phi) is 6.64. The van der Waals surface area contributed by atoms with Gasteiger partial charge in [-0.1, -0.05) is 12.1 Å². The SMILES string of the molecule is CCNC(=NCCCn1cccn1)NCCCc1nc2ccccc2[nH]1. The second-order valence-electron chi connectivity index (χ2n) is 6.11. The highest BCUT2D eigenvalue weighted by Crippen LogP contribution is 2.11. The van der Waals surface area contributed by atoms with Gasteiger partial charge in [-0.15, -0.1) is 0 Å². The molecule has 3 aromatic rings. The van der Waals surface area contributed by atoms with Crippen LogP contribution in [0.15, 0.2) is 47.7 Å². The van der Waals surface area contributed by atoms with E-state index in [1.54, 1.807) is 6.20 Å². The maximum Gasteiger partial charge on any atom is 0.191 e. The highest BCUT2D eigenvalue weighted by molar-refractivity contribution is 5.79. The normalized spacial score (nSPS) is 11.8. The predicted octanol–water partition coefficient (Wildman–Crippen LogP) is 2.34. The number of guanidine groups is 1. The summed E-state index contributed by atoms with van der Waals surface area (Å²) in [6.45, 7) is 5.46. The minimum Gasteiger partial charge on any atom is -0.357 e. The number of benzene rings is 1. The van der Waals surface area contributed by atoms with E-state index in [1.165, 1.54) is 0 Å². The van der Waals surface area contributed by atoms with Gasteiger partial charge < -0.3 is 15.6 Å². The molecule has 0 unspecified atom stereocenters. The Balaban J connectivity index is 1.39. The smallest absolute Gasteiger partial charge is 0.191 e. The maximum absolute atomic E-state index is 4.62. The van der Waals surface area contributed by atoms with Crippen LogP contribution < -0.4 is 10.6 Å². The van der Waals surface area contributed by atoms with Gasteiger partial charge in [0, 0.05) is 45.0 Å². The van der Waals surface area contributed by atoms with Crippen molar-refractivity contribution in [3.8, 4) is 0 Å². The van der Waals surface area contributed by atoms with Crippen molar-refractivity contribution in [2.24, 2.45) is 4.99 Å². The van der Waals surface area contributed by atoms with Crippen LogP contribution in [-0.2, 0) is 13.0 Å². The third-order valence-electron chi connectivity index (χ3n) is 4.04. The number of para-hydroxylation sites is 2. The third kappa shape index (κ3) is 5.34. The minimum absolute atomic E-state index is 0.777. The lowest BCUT2D eigenvalue weighted by molar-refractivity contribution is 0.583. The van der Waals surface area contributed by atoms with Gasteiger partial charge in [0.25, 0.3) is 0 Å². The Morgan fingerprint density at radius 2 is 2.12 bits per heavy atom. The topological polar surface area (TPSA) is 82.9 Å². The number of nitrogens with zero attached hydrogens (tertiary/aromatic N) is 4. The van der Waals surface area contributed by atoms with E-state index in [4.69, 9.17) is 0 Å². The first-order valence-electron chi connectivity index (χ1n) is 9.28. The van der Waals surface area contributed by atoms with Crippen LogP contribution in [0.1, 0.15) is 25.6 Å². The summed E-state index contributed by atoms with van der Waals surface area (Å²) in [5.74, 6) is 1.91. The molecule has 0 bridgehead atoms. The summed E-state index contributed by atoms with van der Waals surface area (Å²) in [5.41, 5.74) is 2.13. The molecule has 1 aromatic carbocycles. The third-order valence-corrected chi connectivity index (χ3v) is 4.04. The Hall–Kier alpha value is -2.83. The number of aliphatic imine (C=N–C) groups is 1.